The van der Waals surface area contributed by atoms with Gasteiger partial charge in [0.25, 0.3) is 0 Å². The van der Waals surface area contributed by atoms with E-state index in [1.54, 1.807) is 6.07 Å². The molecule has 2 aromatic rings. The van der Waals surface area contributed by atoms with Crippen molar-refractivity contribution >= 4 is 35.0 Å². The van der Waals surface area contributed by atoms with Gasteiger partial charge in [0, 0.05) is 10.3 Å². The third-order valence-electron chi connectivity index (χ3n) is 4.58. The summed E-state index contributed by atoms with van der Waals surface area (Å²) in [5.74, 6) is -0.138. The van der Waals surface area contributed by atoms with E-state index < -0.39 is 5.97 Å². The van der Waals surface area contributed by atoms with Crippen molar-refractivity contribution in [1.82, 2.24) is 0 Å². The van der Waals surface area contributed by atoms with Crippen LogP contribution >= 0.6 is 22.9 Å². The lowest BCUT2D eigenvalue weighted by Gasteiger charge is -2.03. The van der Waals surface area contributed by atoms with Crippen LogP contribution in [0.3, 0.4) is 0 Å². The number of aromatic carboxylic acids is 1. The highest BCUT2D eigenvalue weighted by Gasteiger charge is 2.20. The number of alkyl halides is 1. The SMILES string of the molecule is C#C.CCCc1ccc(C(=O)O)s1.Cc1cc(C)cc(/C=C/[C@H]2CC[C@@H](Cl)C2)c1. The van der Waals surface area contributed by atoms with E-state index in [0.29, 0.717) is 16.2 Å². The lowest BCUT2D eigenvalue weighted by molar-refractivity contribution is 0.0702. The number of benzene rings is 1. The van der Waals surface area contributed by atoms with Crippen LogP contribution in [0.4, 0.5) is 0 Å². The molecule has 0 radical (unpaired) electrons. The van der Waals surface area contributed by atoms with Crippen LogP contribution in [0.15, 0.2) is 36.4 Å². The normalized spacial score (nSPS) is 17.9. The van der Waals surface area contributed by atoms with Gasteiger partial charge in [0.1, 0.15) is 4.88 Å². The molecule has 0 unspecified atom stereocenters. The fourth-order valence-corrected chi connectivity index (χ4v) is 4.66. The molecule has 1 aromatic carbocycles. The summed E-state index contributed by atoms with van der Waals surface area (Å²) in [5, 5.41) is 8.97. The lowest BCUT2D eigenvalue weighted by Crippen LogP contribution is -1.90. The number of carboxylic acids is 1. The molecule has 29 heavy (non-hydrogen) atoms. The number of rotatable bonds is 5. The molecule has 2 atom stereocenters. The molecule has 0 amide bonds. The fourth-order valence-electron chi connectivity index (χ4n) is 3.36. The van der Waals surface area contributed by atoms with Crippen LogP contribution in [-0.2, 0) is 6.42 Å². The third-order valence-corrected chi connectivity index (χ3v) is 6.11. The molecule has 1 fully saturated rings. The van der Waals surface area contributed by atoms with Crippen molar-refractivity contribution < 1.29 is 9.90 Å². The van der Waals surface area contributed by atoms with Gasteiger partial charge in [0.05, 0.1) is 0 Å². The predicted octanol–water partition coefficient (Wildman–Crippen LogP) is 7.37. The summed E-state index contributed by atoms with van der Waals surface area (Å²) >= 11 is 7.47. The van der Waals surface area contributed by atoms with Crippen LogP contribution in [0.5, 0.6) is 0 Å². The summed E-state index contributed by atoms with van der Waals surface area (Å²) in [5.41, 5.74) is 3.98. The van der Waals surface area contributed by atoms with Crippen molar-refractivity contribution in [2.75, 3.05) is 0 Å². The van der Waals surface area contributed by atoms with Crippen molar-refractivity contribution in [3.8, 4) is 12.8 Å². The summed E-state index contributed by atoms with van der Waals surface area (Å²) in [7, 11) is 0. The van der Waals surface area contributed by atoms with E-state index in [4.69, 9.17) is 16.7 Å². The van der Waals surface area contributed by atoms with E-state index in [1.807, 2.05) is 6.07 Å². The molecule has 1 aliphatic carbocycles. The smallest absolute Gasteiger partial charge is 0.345 e. The number of allylic oxidation sites excluding steroid dienone is 1. The van der Waals surface area contributed by atoms with Crippen LogP contribution in [0.2, 0.25) is 0 Å². The molecular weight excluding hydrogens is 400 g/mol. The maximum absolute atomic E-state index is 10.4. The Morgan fingerprint density at radius 1 is 1.21 bits per heavy atom. The molecular formula is C25H31ClO2S. The van der Waals surface area contributed by atoms with Gasteiger partial charge in [-0.3, -0.25) is 0 Å². The zero-order valence-corrected chi connectivity index (χ0v) is 19.1. The molecule has 0 spiro atoms. The van der Waals surface area contributed by atoms with Crippen molar-refractivity contribution in [3.05, 3.63) is 62.9 Å². The van der Waals surface area contributed by atoms with Crippen molar-refractivity contribution in [1.29, 1.82) is 0 Å². The molecule has 1 aromatic heterocycles. The Morgan fingerprint density at radius 2 is 1.86 bits per heavy atom. The second-order valence-corrected chi connectivity index (χ2v) is 9.06. The molecule has 0 bridgehead atoms. The quantitative estimate of drug-likeness (QED) is 0.397. The van der Waals surface area contributed by atoms with Gasteiger partial charge in [-0.25, -0.2) is 4.79 Å². The predicted molar refractivity (Wildman–Crippen MR) is 127 cm³/mol. The Balaban J connectivity index is 0.000000284. The van der Waals surface area contributed by atoms with Crippen molar-refractivity contribution in [3.63, 3.8) is 0 Å². The first-order chi connectivity index (χ1) is 13.9. The average Bonchev–Trinajstić information content (AvgIpc) is 3.31. The Kier molecular flexibility index (Phi) is 11.4. The van der Waals surface area contributed by atoms with Crippen molar-refractivity contribution in [2.45, 2.75) is 58.3 Å². The van der Waals surface area contributed by atoms with Gasteiger partial charge in [-0.15, -0.1) is 35.8 Å². The molecule has 2 nitrogen and oxygen atoms in total. The zero-order valence-electron chi connectivity index (χ0n) is 17.5. The first-order valence-electron chi connectivity index (χ1n) is 9.93. The monoisotopic (exact) mass is 430 g/mol. The van der Waals surface area contributed by atoms with E-state index in [1.165, 1.54) is 40.9 Å². The van der Waals surface area contributed by atoms with Crippen molar-refractivity contribution in [2.24, 2.45) is 5.92 Å². The number of terminal acetylenes is 1. The number of aryl methyl sites for hydroxylation is 3. The molecule has 4 heteroatoms. The molecule has 1 aliphatic rings. The van der Waals surface area contributed by atoms with Gasteiger partial charge in [0.2, 0.25) is 0 Å². The molecule has 156 valence electrons. The highest BCUT2D eigenvalue weighted by Crippen LogP contribution is 2.30. The number of carbonyl (C=O) groups is 1. The van der Waals surface area contributed by atoms with Gasteiger partial charge in [-0.2, -0.15) is 0 Å². The average molecular weight is 431 g/mol. The van der Waals surface area contributed by atoms with Crippen LogP contribution in [0.1, 0.15) is 63.8 Å². The van der Waals surface area contributed by atoms with E-state index in [-0.39, 0.29) is 0 Å². The van der Waals surface area contributed by atoms with Crippen LogP contribution in [0.25, 0.3) is 6.08 Å². The van der Waals surface area contributed by atoms with E-state index >= 15 is 0 Å². The highest BCUT2D eigenvalue weighted by atomic mass is 35.5. The van der Waals surface area contributed by atoms with Gasteiger partial charge in [-0.05, 0) is 63.1 Å². The largest absolute Gasteiger partial charge is 0.477 e. The fraction of sp³-hybridized carbons (Fsp3) is 0.400. The van der Waals surface area contributed by atoms with E-state index in [9.17, 15) is 4.79 Å². The zero-order chi connectivity index (χ0) is 21.8. The third kappa shape index (κ3) is 9.35. The Labute approximate surface area is 184 Å². The minimum atomic E-state index is -0.822. The molecule has 0 aliphatic heterocycles. The maximum Gasteiger partial charge on any atom is 0.345 e. The molecule has 3 rings (SSSR count). The van der Waals surface area contributed by atoms with Crippen LogP contribution in [-0.4, -0.2) is 16.5 Å². The lowest BCUT2D eigenvalue weighted by atomic mass is 10.0. The molecule has 0 saturated heterocycles. The maximum atomic E-state index is 10.4. The van der Waals surface area contributed by atoms with Crippen LogP contribution in [0, 0.1) is 32.6 Å². The minimum absolute atomic E-state index is 0.397. The number of hydrogen-bond acceptors (Lipinski definition) is 2. The molecule has 1 saturated carbocycles. The number of thiophene rings is 1. The summed E-state index contributed by atoms with van der Waals surface area (Å²) in [6.45, 7) is 6.38. The summed E-state index contributed by atoms with van der Waals surface area (Å²) in [6.07, 6.45) is 18.2. The summed E-state index contributed by atoms with van der Waals surface area (Å²) < 4.78 is 0. The molecule has 1 heterocycles. The number of carboxylic acid groups (broad SMARTS) is 1. The first kappa shape index (κ1) is 25.0. The van der Waals surface area contributed by atoms with Gasteiger partial charge in [0.15, 0.2) is 0 Å². The molecule has 1 N–H and O–H groups in total. The Morgan fingerprint density at radius 3 is 2.34 bits per heavy atom. The summed E-state index contributed by atoms with van der Waals surface area (Å²) in [6, 6.07) is 10.2. The van der Waals surface area contributed by atoms with E-state index in [2.05, 4.69) is 64.0 Å². The second kappa shape index (κ2) is 13.2. The second-order valence-electron chi connectivity index (χ2n) is 7.27. The minimum Gasteiger partial charge on any atom is -0.477 e. The van der Waals surface area contributed by atoms with Crippen LogP contribution < -0.4 is 0 Å². The Bertz CT molecular complexity index is 799. The standard InChI is InChI=1S/C15H19Cl.C8H10O2S.C2H2/c1-11-7-12(2)9-14(8-11)4-3-13-5-6-15(16)10-13;1-2-3-6-4-5-7(11-6)8(9)10;1-2/h3-4,7-9,13,15H,5-6,10H2,1-2H3;4-5H,2-3H2,1H3,(H,9,10);1-2H/b4-3+;;/t13-,15+;;/m0../s1. The summed E-state index contributed by atoms with van der Waals surface area (Å²) in [4.78, 5) is 12.0. The van der Waals surface area contributed by atoms with Gasteiger partial charge in [-0.1, -0.05) is 54.8 Å². The highest BCUT2D eigenvalue weighted by molar-refractivity contribution is 7.13. The first-order valence-corrected chi connectivity index (χ1v) is 11.2. The van der Waals surface area contributed by atoms with E-state index in [0.717, 1.165) is 24.1 Å². The number of hydrogen-bond donors (Lipinski definition) is 1. The topological polar surface area (TPSA) is 37.3 Å². The number of halogens is 1. The van der Waals surface area contributed by atoms with Gasteiger partial charge < -0.3 is 5.11 Å². The van der Waals surface area contributed by atoms with Gasteiger partial charge >= 0.3 is 5.97 Å². The Hall–Kier alpha value is -2.02.